The van der Waals surface area contributed by atoms with Gasteiger partial charge < -0.3 is 10.1 Å². The molecule has 1 saturated heterocycles. The van der Waals surface area contributed by atoms with Gasteiger partial charge in [-0.15, -0.1) is 0 Å². The van der Waals surface area contributed by atoms with Crippen LogP contribution in [0.25, 0.3) is 0 Å². The van der Waals surface area contributed by atoms with Crippen molar-refractivity contribution in [3.8, 4) is 5.75 Å². The Morgan fingerprint density at radius 3 is 2.90 bits per heavy atom. The van der Waals surface area contributed by atoms with Crippen LogP contribution in [0.15, 0.2) is 23.1 Å². The Hall–Kier alpha value is -1.11. The molecule has 0 saturated carbocycles. The quantitative estimate of drug-likeness (QED) is 0.859. The zero-order valence-corrected chi connectivity index (χ0v) is 12.8. The van der Waals surface area contributed by atoms with Gasteiger partial charge in [-0.3, -0.25) is 0 Å². The molecular weight excluding hydrogens is 276 g/mol. The zero-order chi connectivity index (χ0) is 14.6. The summed E-state index contributed by atoms with van der Waals surface area (Å²) in [7, 11) is -2.05. The van der Waals surface area contributed by atoms with Gasteiger partial charge in [0.15, 0.2) is 0 Å². The van der Waals surface area contributed by atoms with E-state index in [1.54, 1.807) is 12.1 Å². The first-order valence-corrected chi connectivity index (χ1v) is 8.36. The number of benzene rings is 1. The third-order valence-corrected chi connectivity index (χ3v) is 5.01. The molecule has 112 valence electrons. The van der Waals surface area contributed by atoms with Crippen molar-refractivity contribution in [2.45, 2.75) is 24.7 Å². The van der Waals surface area contributed by atoms with Gasteiger partial charge >= 0.3 is 0 Å². The highest BCUT2D eigenvalue weighted by Crippen LogP contribution is 2.24. The first-order chi connectivity index (χ1) is 9.53. The van der Waals surface area contributed by atoms with E-state index in [4.69, 9.17) is 4.74 Å². The van der Waals surface area contributed by atoms with Crippen molar-refractivity contribution in [2.24, 2.45) is 5.92 Å². The Morgan fingerprint density at radius 2 is 2.25 bits per heavy atom. The maximum absolute atomic E-state index is 12.4. The topological polar surface area (TPSA) is 67.4 Å². The number of methoxy groups -OCH3 is 1. The lowest BCUT2D eigenvalue weighted by molar-refractivity contribution is 0.374. The molecule has 1 atom stereocenters. The molecule has 1 aliphatic rings. The molecule has 2 N–H and O–H groups in total. The van der Waals surface area contributed by atoms with Crippen molar-refractivity contribution in [3.63, 3.8) is 0 Å². The van der Waals surface area contributed by atoms with Gasteiger partial charge in [-0.05, 0) is 56.5 Å². The summed E-state index contributed by atoms with van der Waals surface area (Å²) < 4.78 is 32.6. The molecule has 0 aliphatic carbocycles. The fourth-order valence-electron chi connectivity index (χ4n) is 2.40. The average molecular weight is 298 g/mol. The predicted molar refractivity (Wildman–Crippen MR) is 78.5 cm³/mol. The fourth-order valence-corrected chi connectivity index (χ4v) is 3.77. The summed E-state index contributed by atoms with van der Waals surface area (Å²) in [5, 5.41) is 3.28. The number of nitrogens with one attached hydrogen (secondary N) is 2. The average Bonchev–Trinajstić information content (AvgIpc) is 2.46. The number of piperidine rings is 1. The van der Waals surface area contributed by atoms with Crippen LogP contribution in [-0.4, -0.2) is 35.2 Å². The van der Waals surface area contributed by atoms with Gasteiger partial charge in [0.25, 0.3) is 0 Å². The Labute approximate surface area is 120 Å². The van der Waals surface area contributed by atoms with E-state index in [0.717, 1.165) is 31.5 Å². The van der Waals surface area contributed by atoms with Gasteiger partial charge in [0.05, 0.1) is 7.11 Å². The first-order valence-electron chi connectivity index (χ1n) is 6.88. The van der Waals surface area contributed by atoms with E-state index in [9.17, 15) is 8.42 Å². The predicted octanol–water partition coefficient (Wildman–Crippen LogP) is 1.28. The molecule has 1 aromatic carbocycles. The number of hydrogen-bond donors (Lipinski definition) is 2. The smallest absolute Gasteiger partial charge is 0.244 e. The summed E-state index contributed by atoms with van der Waals surface area (Å²) in [6.07, 6.45) is 2.15. The van der Waals surface area contributed by atoms with Crippen LogP contribution in [-0.2, 0) is 10.0 Å². The van der Waals surface area contributed by atoms with Crippen molar-refractivity contribution in [1.29, 1.82) is 0 Å². The molecular formula is C14H22N2O3S. The highest BCUT2D eigenvalue weighted by atomic mass is 32.2. The number of aryl methyl sites for hydroxylation is 1. The van der Waals surface area contributed by atoms with Gasteiger partial charge in [-0.1, -0.05) is 6.07 Å². The molecule has 5 nitrogen and oxygen atoms in total. The minimum atomic E-state index is -3.53. The second-order valence-corrected chi connectivity index (χ2v) is 6.95. The highest BCUT2D eigenvalue weighted by molar-refractivity contribution is 7.89. The molecule has 0 spiro atoms. The first kappa shape index (κ1) is 15.3. The monoisotopic (exact) mass is 298 g/mol. The van der Waals surface area contributed by atoms with Crippen LogP contribution in [0.1, 0.15) is 18.4 Å². The van der Waals surface area contributed by atoms with Crippen LogP contribution < -0.4 is 14.8 Å². The maximum Gasteiger partial charge on any atom is 0.244 e. The summed E-state index contributed by atoms with van der Waals surface area (Å²) in [5.74, 6) is 0.735. The molecule has 0 radical (unpaired) electrons. The van der Waals surface area contributed by atoms with Crippen LogP contribution >= 0.6 is 0 Å². The molecule has 20 heavy (non-hydrogen) atoms. The van der Waals surface area contributed by atoms with Gasteiger partial charge in [0.1, 0.15) is 10.6 Å². The Kier molecular flexibility index (Phi) is 5.01. The normalized spacial score (nSPS) is 19.8. The summed E-state index contributed by atoms with van der Waals surface area (Å²) in [6, 6.07) is 5.16. The highest BCUT2D eigenvalue weighted by Gasteiger charge is 2.22. The van der Waals surface area contributed by atoms with Crippen molar-refractivity contribution in [2.75, 3.05) is 26.7 Å². The molecule has 0 bridgehead atoms. The minimum absolute atomic E-state index is 0.212. The van der Waals surface area contributed by atoms with Crippen molar-refractivity contribution in [3.05, 3.63) is 23.8 Å². The second kappa shape index (κ2) is 6.56. The van der Waals surface area contributed by atoms with Crippen molar-refractivity contribution >= 4 is 10.0 Å². The molecule has 2 rings (SSSR count). The van der Waals surface area contributed by atoms with Crippen LogP contribution in [0, 0.1) is 12.8 Å². The number of sulfonamides is 1. The molecule has 6 heteroatoms. The molecule has 1 aromatic rings. The van der Waals surface area contributed by atoms with E-state index in [0.29, 0.717) is 18.2 Å². The molecule has 1 fully saturated rings. The molecule has 0 amide bonds. The van der Waals surface area contributed by atoms with Crippen molar-refractivity contribution in [1.82, 2.24) is 10.0 Å². The standard InChI is InChI=1S/C14H22N2O3S/c1-11-5-6-13(19-2)14(8-11)20(17,18)16-10-12-4-3-7-15-9-12/h5-6,8,12,15-16H,3-4,7,9-10H2,1-2H3. The third-order valence-electron chi connectivity index (χ3n) is 3.57. The maximum atomic E-state index is 12.4. The fraction of sp³-hybridized carbons (Fsp3) is 0.571. The van der Waals surface area contributed by atoms with E-state index < -0.39 is 10.0 Å². The summed E-state index contributed by atoms with van der Waals surface area (Å²) >= 11 is 0. The van der Waals surface area contributed by atoms with Gasteiger partial charge in [-0.2, -0.15) is 0 Å². The van der Waals surface area contributed by atoms with Gasteiger partial charge in [0.2, 0.25) is 10.0 Å². The lowest BCUT2D eigenvalue weighted by Gasteiger charge is -2.23. The van der Waals surface area contributed by atoms with Crippen LogP contribution in [0.3, 0.4) is 0 Å². The van der Waals surface area contributed by atoms with Crippen LogP contribution in [0.2, 0.25) is 0 Å². The third kappa shape index (κ3) is 3.71. The number of hydrogen-bond acceptors (Lipinski definition) is 4. The van der Waals surface area contributed by atoms with Gasteiger partial charge in [-0.25, -0.2) is 13.1 Å². The molecule has 0 aromatic heterocycles. The number of rotatable bonds is 5. The second-order valence-electron chi connectivity index (χ2n) is 5.22. The number of ether oxygens (including phenoxy) is 1. The van der Waals surface area contributed by atoms with E-state index in [2.05, 4.69) is 10.0 Å². The molecule has 1 aliphatic heterocycles. The molecule has 1 unspecified atom stereocenters. The zero-order valence-electron chi connectivity index (χ0n) is 12.0. The van der Waals surface area contributed by atoms with E-state index in [-0.39, 0.29) is 4.90 Å². The van der Waals surface area contributed by atoms with E-state index in [1.165, 1.54) is 7.11 Å². The Bertz CT molecular complexity index is 552. The van der Waals surface area contributed by atoms with Crippen LogP contribution in [0.4, 0.5) is 0 Å². The van der Waals surface area contributed by atoms with Crippen molar-refractivity contribution < 1.29 is 13.2 Å². The van der Waals surface area contributed by atoms with E-state index in [1.807, 2.05) is 13.0 Å². The molecule has 1 heterocycles. The Morgan fingerprint density at radius 1 is 1.45 bits per heavy atom. The Balaban J connectivity index is 2.11. The van der Waals surface area contributed by atoms with E-state index >= 15 is 0 Å². The van der Waals surface area contributed by atoms with Gasteiger partial charge in [0, 0.05) is 6.54 Å². The lowest BCUT2D eigenvalue weighted by atomic mass is 10.0. The van der Waals surface area contributed by atoms with Crippen LogP contribution in [0.5, 0.6) is 5.75 Å². The largest absolute Gasteiger partial charge is 0.495 e. The summed E-state index contributed by atoms with van der Waals surface area (Å²) in [5.41, 5.74) is 0.894. The summed E-state index contributed by atoms with van der Waals surface area (Å²) in [4.78, 5) is 0.212. The minimum Gasteiger partial charge on any atom is -0.495 e. The SMILES string of the molecule is COc1ccc(C)cc1S(=O)(=O)NCC1CCCNC1. The lowest BCUT2D eigenvalue weighted by Crippen LogP contribution is -2.38. The summed E-state index contributed by atoms with van der Waals surface area (Å²) in [6.45, 7) is 4.22.